The van der Waals surface area contributed by atoms with Crippen LogP contribution in [0.2, 0.25) is 0 Å². The van der Waals surface area contributed by atoms with Crippen LogP contribution in [0, 0.1) is 0 Å². The van der Waals surface area contributed by atoms with Crippen molar-refractivity contribution in [3.63, 3.8) is 0 Å². The number of phosphoric ester groups is 1. The summed E-state index contributed by atoms with van der Waals surface area (Å²) in [7, 11) is 1.27. The highest BCUT2D eigenvalue weighted by atomic mass is 31.2. The SMILES string of the molecule is CCCCCCCCCCCCC/C=C/C(O)C(COP(=O)([O-])OCC[N+](C)(C)C)NC(=O)CCCCCCCCCCC/C=C\CCCCCCCCCCCCCC. The van der Waals surface area contributed by atoms with Crippen molar-refractivity contribution in [1.29, 1.82) is 0 Å². The van der Waals surface area contributed by atoms with Gasteiger partial charge in [-0.3, -0.25) is 9.36 Å². The highest BCUT2D eigenvalue weighted by Gasteiger charge is 2.23. The molecule has 0 fully saturated rings. The maximum Gasteiger partial charge on any atom is 0.268 e. The molecule has 0 heterocycles. The lowest BCUT2D eigenvalue weighted by Gasteiger charge is -2.29. The number of hydrogen-bond donors (Lipinski definition) is 2. The number of amides is 1. The minimum atomic E-state index is -4.59. The first-order chi connectivity index (χ1) is 29.0. The molecule has 0 radical (unpaired) electrons. The normalized spacial score (nSPS) is 14.3. The monoisotopic (exact) mass is 869 g/mol. The van der Waals surface area contributed by atoms with Crippen LogP contribution in [-0.2, 0) is 18.4 Å². The Labute approximate surface area is 373 Å². The van der Waals surface area contributed by atoms with Crippen LogP contribution >= 0.6 is 7.82 Å². The largest absolute Gasteiger partial charge is 0.756 e. The molecule has 3 unspecified atom stereocenters. The second-order valence-corrected chi connectivity index (χ2v) is 20.3. The highest BCUT2D eigenvalue weighted by Crippen LogP contribution is 2.38. The number of aliphatic hydroxyl groups excluding tert-OH is 1. The van der Waals surface area contributed by atoms with E-state index in [1.807, 2.05) is 27.2 Å². The minimum Gasteiger partial charge on any atom is -0.756 e. The summed E-state index contributed by atoms with van der Waals surface area (Å²) in [4.78, 5) is 25.4. The molecule has 0 aromatic rings. The van der Waals surface area contributed by atoms with E-state index in [2.05, 4.69) is 31.3 Å². The molecule has 0 aliphatic carbocycles. The third-order valence-corrected chi connectivity index (χ3v) is 12.6. The van der Waals surface area contributed by atoms with Crippen molar-refractivity contribution in [3.05, 3.63) is 24.3 Å². The fourth-order valence-electron chi connectivity index (χ4n) is 7.56. The topological polar surface area (TPSA) is 108 Å². The summed E-state index contributed by atoms with van der Waals surface area (Å²) in [5.74, 6) is -0.198. The van der Waals surface area contributed by atoms with Crippen molar-refractivity contribution >= 4 is 13.7 Å². The summed E-state index contributed by atoms with van der Waals surface area (Å²) >= 11 is 0. The van der Waals surface area contributed by atoms with E-state index in [0.717, 1.165) is 38.5 Å². The van der Waals surface area contributed by atoms with Crippen LogP contribution in [0.25, 0.3) is 0 Å². The lowest BCUT2D eigenvalue weighted by Crippen LogP contribution is -2.45. The number of aliphatic hydroxyl groups is 1. The molecule has 9 heteroatoms. The molecule has 356 valence electrons. The summed E-state index contributed by atoms with van der Waals surface area (Å²) in [5.41, 5.74) is 0. The predicted molar refractivity (Wildman–Crippen MR) is 256 cm³/mol. The first kappa shape index (κ1) is 59.0. The smallest absolute Gasteiger partial charge is 0.268 e. The van der Waals surface area contributed by atoms with Crippen molar-refractivity contribution in [2.24, 2.45) is 0 Å². The van der Waals surface area contributed by atoms with Gasteiger partial charge in [-0.25, -0.2) is 0 Å². The second-order valence-electron chi connectivity index (χ2n) is 18.9. The van der Waals surface area contributed by atoms with Gasteiger partial charge in [0.1, 0.15) is 13.2 Å². The van der Waals surface area contributed by atoms with Gasteiger partial charge < -0.3 is 28.8 Å². The molecule has 0 bridgehead atoms. The summed E-state index contributed by atoms with van der Waals surface area (Å²) in [5, 5.41) is 13.8. The molecule has 0 aromatic heterocycles. The standard InChI is InChI=1S/C51H101N2O6P/c1-6-8-10-12-14-16-18-20-21-22-23-24-25-26-27-28-29-30-31-33-35-37-39-41-43-45-51(55)52-49(48-59-60(56,57)58-47-46-53(3,4)5)50(54)44-42-40-38-36-34-32-19-17-15-13-11-9-7-2/h26-27,42,44,49-50,54H,6-25,28-41,43,45-48H2,1-5H3,(H-,52,55,56,57)/b27-26-,44-42+. The predicted octanol–water partition coefficient (Wildman–Crippen LogP) is 14.2. The van der Waals surface area contributed by atoms with Gasteiger partial charge in [0.15, 0.2) is 0 Å². The van der Waals surface area contributed by atoms with Crippen molar-refractivity contribution in [3.8, 4) is 0 Å². The van der Waals surface area contributed by atoms with Crippen LogP contribution in [-0.4, -0.2) is 68.5 Å². The maximum atomic E-state index is 12.9. The number of nitrogens with one attached hydrogen (secondary N) is 1. The van der Waals surface area contributed by atoms with Gasteiger partial charge in [0.05, 0.1) is 39.9 Å². The zero-order valence-electron chi connectivity index (χ0n) is 40.4. The van der Waals surface area contributed by atoms with Crippen molar-refractivity contribution < 1.29 is 32.9 Å². The third-order valence-electron chi connectivity index (χ3n) is 11.7. The number of rotatable bonds is 47. The van der Waals surface area contributed by atoms with E-state index in [4.69, 9.17) is 9.05 Å². The van der Waals surface area contributed by atoms with Gasteiger partial charge in [0.2, 0.25) is 5.91 Å². The number of nitrogens with zero attached hydrogens (tertiary/aromatic N) is 1. The Kier molecular flexibility index (Phi) is 42.5. The number of phosphoric acid groups is 1. The van der Waals surface area contributed by atoms with E-state index in [1.54, 1.807) is 6.08 Å². The summed E-state index contributed by atoms with van der Waals surface area (Å²) in [6, 6.07) is -0.884. The van der Waals surface area contributed by atoms with E-state index in [-0.39, 0.29) is 19.1 Å². The van der Waals surface area contributed by atoms with Crippen molar-refractivity contribution in [2.45, 2.75) is 257 Å². The van der Waals surface area contributed by atoms with Crippen LogP contribution < -0.4 is 10.2 Å². The number of unbranched alkanes of at least 4 members (excludes halogenated alkanes) is 32. The van der Waals surface area contributed by atoms with Crippen molar-refractivity contribution in [1.82, 2.24) is 5.32 Å². The Bertz CT molecular complexity index is 1030. The average Bonchev–Trinajstić information content (AvgIpc) is 3.20. The number of quaternary nitrogens is 1. The van der Waals surface area contributed by atoms with Gasteiger partial charge in [-0.15, -0.1) is 0 Å². The molecule has 0 rings (SSSR count). The third kappa shape index (κ3) is 45.0. The summed E-state index contributed by atoms with van der Waals surface area (Å²) in [6.07, 6.45) is 52.4. The number of carbonyl (C=O) groups is 1. The van der Waals surface area contributed by atoms with E-state index in [0.29, 0.717) is 17.4 Å². The van der Waals surface area contributed by atoms with Crippen LogP contribution in [0.5, 0.6) is 0 Å². The molecule has 3 atom stereocenters. The van der Waals surface area contributed by atoms with E-state index in [1.165, 1.54) is 186 Å². The molecule has 0 aromatic carbocycles. The fraction of sp³-hybridized carbons (Fsp3) is 0.902. The molecule has 0 aliphatic heterocycles. The number of hydrogen-bond acceptors (Lipinski definition) is 6. The van der Waals surface area contributed by atoms with E-state index in [9.17, 15) is 19.4 Å². The highest BCUT2D eigenvalue weighted by molar-refractivity contribution is 7.45. The Balaban J connectivity index is 4.19. The van der Waals surface area contributed by atoms with Crippen LogP contribution in [0.1, 0.15) is 245 Å². The van der Waals surface area contributed by atoms with Gasteiger partial charge in [-0.2, -0.15) is 0 Å². The van der Waals surface area contributed by atoms with Crippen LogP contribution in [0.4, 0.5) is 0 Å². The Morgan fingerprint density at radius 1 is 0.567 bits per heavy atom. The Hall–Kier alpha value is -1.02. The van der Waals surface area contributed by atoms with E-state index < -0.39 is 20.0 Å². The first-order valence-corrected chi connectivity index (χ1v) is 27.2. The quantitative estimate of drug-likeness (QED) is 0.0273. The van der Waals surface area contributed by atoms with Crippen LogP contribution in [0.15, 0.2) is 24.3 Å². The van der Waals surface area contributed by atoms with E-state index >= 15 is 0 Å². The number of carbonyl (C=O) groups excluding carboxylic acids is 1. The Morgan fingerprint density at radius 2 is 0.917 bits per heavy atom. The molecule has 8 nitrogen and oxygen atoms in total. The molecule has 0 saturated carbocycles. The molecule has 60 heavy (non-hydrogen) atoms. The fourth-order valence-corrected chi connectivity index (χ4v) is 8.28. The molecule has 0 spiro atoms. The van der Waals surface area contributed by atoms with Gasteiger partial charge in [-0.05, 0) is 44.9 Å². The van der Waals surface area contributed by atoms with Gasteiger partial charge >= 0.3 is 0 Å². The average molecular weight is 869 g/mol. The van der Waals surface area contributed by atoms with Gasteiger partial charge in [0.25, 0.3) is 7.82 Å². The first-order valence-electron chi connectivity index (χ1n) is 25.7. The molecule has 2 N–H and O–H groups in total. The summed E-state index contributed by atoms with van der Waals surface area (Å²) < 4.78 is 23.2. The molecular weight excluding hydrogens is 768 g/mol. The lowest BCUT2D eigenvalue weighted by atomic mass is 10.0. The minimum absolute atomic E-state index is 0.0000949. The number of likely N-dealkylation sites (N-methyl/N-ethyl adjacent to an activating group) is 1. The zero-order valence-corrected chi connectivity index (χ0v) is 41.3. The molecule has 0 aliphatic rings. The summed E-state index contributed by atoms with van der Waals surface area (Å²) in [6.45, 7) is 4.66. The van der Waals surface area contributed by atoms with Gasteiger partial charge in [0, 0.05) is 6.42 Å². The molecule has 0 saturated heterocycles. The second kappa shape index (κ2) is 43.2. The van der Waals surface area contributed by atoms with Crippen LogP contribution in [0.3, 0.4) is 0 Å². The molecule has 1 amide bonds. The number of allylic oxidation sites excluding steroid dienone is 3. The molecular formula is C51H101N2O6P. The zero-order chi connectivity index (χ0) is 44.3. The Morgan fingerprint density at radius 3 is 1.30 bits per heavy atom. The van der Waals surface area contributed by atoms with Crippen molar-refractivity contribution in [2.75, 3.05) is 40.9 Å². The van der Waals surface area contributed by atoms with Gasteiger partial charge in [-0.1, -0.05) is 218 Å². The maximum absolute atomic E-state index is 12.9. The lowest BCUT2D eigenvalue weighted by molar-refractivity contribution is -0.870.